The molecule has 1 aliphatic rings. The first-order valence-corrected chi connectivity index (χ1v) is 5.69. The molecule has 0 aliphatic heterocycles. The van der Waals surface area contributed by atoms with E-state index in [9.17, 15) is 8.78 Å². The SMILES string of the molecule is C#C.Fc1ccccc1F.OC1CCC(O)CC1. The summed E-state index contributed by atoms with van der Waals surface area (Å²) in [4.78, 5) is 0. The first kappa shape index (κ1) is 16.6. The van der Waals surface area contributed by atoms with Crippen LogP contribution in [0.3, 0.4) is 0 Å². The maximum atomic E-state index is 11.9. The predicted molar refractivity (Wildman–Crippen MR) is 66.7 cm³/mol. The molecule has 0 atom stereocenters. The summed E-state index contributed by atoms with van der Waals surface area (Å²) in [6.07, 6.45) is 10.8. The van der Waals surface area contributed by atoms with Crippen LogP contribution in [-0.4, -0.2) is 22.4 Å². The summed E-state index contributed by atoms with van der Waals surface area (Å²) in [7, 11) is 0. The second-order valence-electron chi connectivity index (χ2n) is 3.88. The van der Waals surface area contributed by atoms with Crippen LogP contribution in [-0.2, 0) is 0 Å². The third-order valence-corrected chi connectivity index (χ3v) is 2.49. The van der Waals surface area contributed by atoms with E-state index >= 15 is 0 Å². The largest absolute Gasteiger partial charge is 0.393 e. The van der Waals surface area contributed by atoms with Crippen molar-refractivity contribution in [2.24, 2.45) is 0 Å². The van der Waals surface area contributed by atoms with Gasteiger partial charge in [-0.25, -0.2) is 8.78 Å². The average molecular weight is 256 g/mol. The number of hydrogen-bond acceptors (Lipinski definition) is 2. The van der Waals surface area contributed by atoms with Crippen molar-refractivity contribution in [2.75, 3.05) is 0 Å². The normalized spacial score (nSPS) is 21.9. The third-order valence-electron chi connectivity index (χ3n) is 2.49. The van der Waals surface area contributed by atoms with Crippen LogP contribution < -0.4 is 0 Å². The summed E-state index contributed by atoms with van der Waals surface area (Å²) in [5.41, 5.74) is 0. The van der Waals surface area contributed by atoms with Crippen LogP contribution in [0, 0.1) is 24.5 Å². The molecule has 0 saturated heterocycles. The fraction of sp³-hybridized carbons (Fsp3) is 0.429. The van der Waals surface area contributed by atoms with Crippen LogP contribution in [0.25, 0.3) is 0 Å². The molecule has 18 heavy (non-hydrogen) atoms. The lowest BCUT2D eigenvalue weighted by atomic mass is 9.95. The number of benzene rings is 1. The quantitative estimate of drug-likeness (QED) is 0.700. The van der Waals surface area contributed by atoms with Crippen LogP contribution >= 0.6 is 0 Å². The van der Waals surface area contributed by atoms with Crippen molar-refractivity contribution in [2.45, 2.75) is 37.9 Å². The Balaban J connectivity index is 0.000000283. The Morgan fingerprint density at radius 3 is 1.33 bits per heavy atom. The van der Waals surface area contributed by atoms with E-state index in [4.69, 9.17) is 10.2 Å². The summed E-state index contributed by atoms with van der Waals surface area (Å²) >= 11 is 0. The van der Waals surface area contributed by atoms with Gasteiger partial charge in [0.25, 0.3) is 0 Å². The second kappa shape index (κ2) is 9.58. The van der Waals surface area contributed by atoms with E-state index in [1.807, 2.05) is 0 Å². The second-order valence-corrected chi connectivity index (χ2v) is 3.88. The maximum absolute atomic E-state index is 11.9. The minimum absolute atomic E-state index is 0.140. The minimum atomic E-state index is -0.799. The van der Waals surface area contributed by atoms with E-state index < -0.39 is 11.6 Å². The van der Waals surface area contributed by atoms with Crippen molar-refractivity contribution < 1.29 is 19.0 Å². The Morgan fingerprint density at radius 2 is 1.11 bits per heavy atom. The van der Waals surface area contributed by atoms with E-state index in [0.717, 1.165) is 37.8 Å². The Bertz CT molecular complexity index is 314. The van der Waals surface area contributed by atoms with Crippen molar-refractivity contribution in [3.05, 3.63) is 35.9 Å². The van der Waals surface area contributed by atoms with Gasteiger partial charge in [0.1, 0.15) is 0 Å². The highest BCUT2D eigenvalue weighted by atomic mass is 19.2. The van der Waals surface area contributed by atoms with E-state index in [0.29, 0.717) is 0 Å². The average Bonchev–Trinajstić information content (AvgIpc) is 2.40. The van der Waals surface area contributed by atoms with Gasteiger partial charge in [-0.15, -0.1) is 12.8 Å². The summed E-state index contributed by atoms with van der Waals surface area (Å²) < 4.78 is 23.9. The third kappa shape index (κ3) is 7.00. The number of terminal acetylenes is 1. The van der Waals surface area contributed by atoms with Crippen molar-refractivity contribution >= 4 is 0 Å². The van der Waals surface area contributed by atoms with Gasteiger partial charge in [-0.05, 0) is 37.8 Å². The van der Waals surface area contributed by atoms with Gasteiger partial charge in [0.2, 0.25) is 0 Å². The number of aliphatic hydroxyl groups is 2. The number of hydrogen-bond donors (Lipinski definition) is 2. The fourth-order valence-electron chi connectivity index (χ4n) is 1.50. The summed E-state index contributed by atoms with van der Waals surface area (Å²) in [5.74, 6) is -1.60. The maximum Gasteiger partial charge on any atom is 0.158 e. The first-order chi connectivity index (χ1) is 8.59. The smallest absolute Gasteiger partial charge is 0.158 e. The number of rotatable bonds is 0. The lowest BCUT2D eigenvalue weighted by molar-refractivity contribution is 0.0541. The van der Waals surface area contributed by atoms with Crippen molar-refractivity contribution in [1.29, 1.82) is 0 Å². The van der Waals surface area contributed by atoms with Crippen molar-refractivity contribution in [3.63, 3.8) is 0 Å². The first-order valence-electron chi connectivity index (χ1n) is 5.69. The summed E-state index contributed by atoms with van der Waals surface area (Å²) in [6, 6.07) is 5.04. The zero-order valence-corrected chi connectivity index (χ0v) is 10.1. The molecule has 0 heterocycles. The highest BCUT2D eigenvalue weighted by molar-refractivity contribution is 5.05. The zero-order chi connectivity index (χ0) is 14.0. The zero-order valence-electron chi connectivity index (χ0n) is 10.1. The van der Waals surface area contributed by atoms with Gasteiger partial charge in [0, 0.05) is 0 Å². The van der Waals surface area contributed by atoms with Crippen LogP contribution in [0.1, 0.15) is 25.7 Å². The Hall–Kier alpha value is -1.44. The lowest BCUT2D eigenvalue weighted by Crippen LogP contribution is -2.21. The molecule has 0 spiro atoms. The molecule has 1 saturated carbocycles. The van der Waals surface area contributed by atoms with Gasteiger partial charge >= 0.3 is 0 Å². The van der Waals surface area contributed by atoms with E-state index in [2.05, 4.69) is 12.8 Å². The monoisotopic (exact) mass is 256 g/mol. The lowest BCUT2D eigenvalue weighted by Gasteiger charge is -2.20. The van der Waals surface area contributed by atoms with Gasteiger partial charge in [0.15, 0.2) is 11.6 Å². The molecule has 1 aliphatic carbocycles. The molecule has 0 radical (unpaired) electrons. The summed E-state index contributed by atoms with van der Waals surface area (Å²) in [5, 5.41) is 17.8. The standard InChI is InChI=1S/C6H4F2.C6H12O2.C2H2/c7-5-3-1-2-4-6(5)8;7-5-1-2-6(8)4-3-5;1-2/h1-4H;5-8H,1-4H2;1-2H. The molecule has 4 heteroatoms. The molecule has 0 amide bonds. The van der Waals surface area contributed by atoms with Crippen LogP contribution in [0.5, 0.6) is 0 Å². The molecule has 1 aromatic carbocycles. The molecule has 1 aromatic rings. The number of aliphatic hydroxyl groups excluding tert-OH is 2. The highest BCUT2D eigenvalue weighted by Gasteiger charge is 2.15. The molecular weight excluding hydrogens is 238 g/mol. The minimum Gasteiger partial charge on any atom is -0.393 e. The van der Waals surface area contributed by atoms with E-state index in [1.165, 1.54) is 12.1 Å². The summed E-state index contributed by atoms with van der Waals surface area (Å²) in [6.45, 7) is 0. The molecule has 2 N–H and O–H groups in total. The van der Waals surface area contributed by atoms with E-state index in [-0.39, 0.29) is 12.2 Å². The Morgan fingerprint density at radius 1 is 0.833 bits per heavy atom. The molecule has 0 bridgehead atoms. The molecule has 2 nitrogen and oxygen atoms in total. The molecule has 1 fully saturated rings. The topological polar surface area (TPSA) is 40.5 Å². The van der Waals surface area contributed by atoms with Crippen LogP contribution in [0.4, 0.5) is 8.78 Å². The number of halogens is 2. The van der Waals surface area contributed by atoms with Gasteiger partial charge in [-0.2, -0.15) is 0 Å². The van der Waals surface area contributed by atoms with Gasteiger partial charge < -0.3 is 10.2 Å². The van der Waals surface area contributed by atoms with Crippen molar-refractivity contribution in [1.82, 2.24) is 0 Å². The molecular formula is C14H18F2O2. The fourth-order valence-corrected chi connectivity index (χ4v) is 1.50. The van der Waals surface area contributed by atoms with Crippen molar-refractivity contribution in [3.8, 4) is 12.8 Å². The Labute approximate surface area is 106 Å². The Kier molecular flexibility index (Phi) is 8.81. The molecule has 100 valence electrons. The molecule has 0 unspecified atom stereocenters. The molecule has 0 aromatic heterocycles. The van der Waals surface area contributed by atoms with Crippen LogP contribution in [0.2, 0.25) is 0 Å². The van der Waals surface area contributed by atoms with Gasteiger partial charge in [-0.1, -0.05) is 12.1 Å². The highest BCUT2D eigenvalue weighted by Crippen LogP contribution is 2.17. The van der Waals surface area contributed by atoms with Gasteiger partial charge in [0.05, 0.1) is 12.2 Å². The van der Waals surface area contributed by atoms with E-state index in [1.54, 1.807) is 0 Å². The predicted octanol–water partition coefficient (Wildman–Crippen LogP) is 2.50. The molecule has 2 rings (SSSR count). The van der Waals surface area contributed by atoms with Crippen LogP contribution in [0.15, 0.2) is 24.3 Å². The van der Waals surface area contributed by atoms with Gasteiger partial charge in [-0.3, -0.25) is 0 Å².